The molecule has 1 fully saturated rings. The highest BCUT2D eigenvalue weighted by molar-refractivity contribution is 6.10. The normalized spacial score (nSPS) is 14.3. The zero-order valence-corrected chi connectivity index (χ0v) is 19.0. The number of carbonyl (C=O) groups is 2. The number of anilines is 1. The van der Waals surface area contributed by atoms with Gasteiger partial charge in [-0.15, -0.1) is 0 Å². The molecule has 0 spiro atoms. The maximum absolute atomic E-state index is 13.2. The third-order valence-corrected chi connectivity index (χ3v) is 6.60. The minimum atomic E-state index is -0.239. The molecule has 0 radical (unpaired) electrons. The van der Waals surface area contributed by atoms with Crippen molar-refractivity contribution in [1.82, 2.24) is 14.5 Å². The molecule has 1 aliphatic heterocycles. The third kappa shape index (κ3) is 4.01. The summed E-state index contributed by atoms with van der Waals surface area (Å²) in [6, 6.07) is 20.2. The van der Waals surface area contributed by atoms with Gasteiger partial charge in [0.1, 0.15) is 5.75 Å². The molecule has 4 aromatic rings. The van der Waals surface area contributed by atoms with E-state index in [4.69, 9.17) is 0 Å². The number of piperidine rings is 1. The summed E-state index contributed by atoms with van der Waals surface area (Å²) in [5, 5.41) is 14.5. The highest BCUT2D eigenvalue weighted by Crippen LogP contribution is 2.31. The molecule has 34 heavy (non-hydrogen) atoms. The quantitative estimate of drug-likeness (QED) is 0.498. The van der Waals surface area contributed by atoms with Crippen LogP contribution in [0.3, 0.4) is 0 Å². The lowest BCUT2D eigenvalue weighted by molar-refractivity contribution is 0.0712. The standard InChI is InChI=1S/C27H26N4O3/c1-29(23-9-5-6-10-25(23)32)27(34)22-18-28-31-16-13-21(17-24(22)31)19-11-14-30(15-12-19)26(33)20-7-3-2-4-8-20/h2-10,13,16-19,32H,11-12,14-15H2,1H3. The van der Waals surface area contributed by atoms with Crippen LogP contribution in [0.1, 0.15) is 45.0 Å². The van der Waals surface area contributed by atoms with Crippen LogP contribution in [0.5, 0.6) is 5.75 Å². The Morgan fingerprint density at radius 1 is 1.00 bits per heavy atom. The fourth-order valence-corrected chi connectivity index (χ4v) is 4.63. The van der Waals surface area contributed by atoms with Gasteiger partial charge in [-0.1, -0.05) is 30.3 Å². The third-order valence-electron chi connectivity index (χ3n) is 6.60. The van der Waals surface area contributed by atoms with Gasteiger partial charge in [0.25, 0.3) is 11.8 Å². The molecule has 2 aromatic heterocycles. The number of phenolic OH excluding ortho intramolecular Hbond substituents is 1. The number of fused-ring (bicyclic) bond motifs is 1. The first-order valence-corrected chi connectivity index (χ1v) is 11.4. The molecule has 172 valence electrons. The van der Waals surface area contributed by atoms with E-state index in [0.29, 0.717) is 30.3 Å². The zero-order chi connectivity index (χ0) is 23.7. The van der Waals surface area contributed by atoms with Gasteiger partial charge in [-0.05, 0) is 60.7 Å². The van der Waals surface area contributed by atoms with E-state index < -0.39 is 0 Å². The van der Waals surface area contributed by atoms with Gasteiger partial charge in [0.15, 0.2) is 0 Å². The summed E-state index contributed by atoms with van der Waals surface area (Å²) >= 11 is 0. The van der Waals surface area contributed by atoms with E-state index in [1.165, 1.54) is 4.90 Å². The molecule has 0 saturated carbocycles. The van der Waals surface area contributed by atoms with E-state index in [0.717, 1.165) is 29.5 Å². The summed E-state index contributed by atoms with van der Waals surface area (Å²) in [5.41, 5.74) is 3.51. The smallest absolute Gasteiger partial charge is 0.261 e. The summed E-state index contributed by atoms with van der Waals surface area (Å²) in [4.78, 5) is 29.3. The van der Waals surface area contributed by atoms with Crippen LogP contribution >= 0.6 is 0 Å². The van der Waals surface area contributed by atoms with E-state index in [9.17, 15) is 14.7 Å². The number of nitrogens with zero attached hydrogens (tertiary/aromatic N) is 4. The number of phenols is 1. The van der Waals surface area contributed by atoms with Crippen molar-refractivity contribution in [3.05, 3.63) is 95.8 Å². The molecule has 1 N–H and O–H groups in total. The molecular formula is C27H26N4O3. The molecule has 0 unspecified atom stereocenters. The van der Waals surface area contributed by atoms with Crippen LogP contribution in [-0.4, -0.2) is 51.6 Å². The second-order valence-electron chi connectivity index (χ2n) is 8.63. The average Bonchev–Trinajstić information content (AvgIpc) is 3.31. The first-order chi connectivity index (χ1) is 16.5. The van der Waals surface area contributed by atoms with Gasteiger partial charge >= 0.3 is 0 Å². The SMILES string of the molecule is CN(C(=O)c1cnn2ccc(C3CCN(C(=O)c4ccccc4)CC3)cc12)c1ccccc1O. The summed E-state index contributed by atoms with van der Waals surface area (Å²) in [7, 11) is 1.64. The second kappa shape index (κ2) is 9.02. The Bertz CT molecular complexity index is 1340. The van der Waals surface area contributed by atoms with Crippen LogP contribution in [0, 0.1) is 0 Å². The first kappa shape index (κ1) is 21.7. The molecule has 0 atom stereocenters. The molecule has 0 bridgehead atoms. The van der Waals surface area contributed by atoms with E-state index in [1.54, 1.807) is 42.0 Å². The van der Waals surface area contributed by atoms with Crippen molar-refractivity contribution in [3.63, 3.8) is 0 Å². The highest BCUT2D eigenvalue weighted by Gasteiger charge is 2.26. The van der Waals surface area contributed by atoms with Gasteiger partial charge in [-0.3, -0.25) is 9.59 Å². The van der Waals surface area contributed by atoms with Crippen molar-refractivity contribution in [2.45, 2.75) is 18.8 Å². The summed E-state index contributed by atoms with van der Waals surface area (Å²) in [5.74, 6) is 0.188. The van der Waals surface area contributed by atoms with E-state index in [-0.39, 0.29) is 17.6 Å². The molecule has 2 amide bonds. The van der Waals surface area contributed by atoms with Crippen LogP contribution < -0.4 is 4.90 Å². The fourth-order valence-electron chi connectivity index (χ4n) is 4.63. The lowest BCUT2D eigenvalue weighted by Gasteiger charge is -2.32. The van der Waals surface area contributed by atoms with Crippen LogP contribution in [0.4, 0.5) is 5.69 Å². The number of aromatic hydroxyl groups is 1. The van der Waals surface area contributed by atoms with Crippen molar-refractivity contribution in [3.8, 4) is 5.75 Å². The van der Waals surface area contributed by atoms with Crippen LogP contribution in [0.15, 0.2) is 79.1 Å². The van der Waals surface area contributed by atoms with Gasteiger partial charge in [-0.2, -0.15) is 5.10 Å². The van der Waals surface area contributed by atoms with E-state index >= 15 is 0 Å². The summed E-state index contributed by atoms with van der Waals surface area (Å²) < 4.78 is 1.70. The molecule has 1 aliphatic rings. The Morgan fingerprint density at radius 2 is 1.71 bits per heavy atom. The molecule has 5 rings (SSSR count). The molecule has 1 saturated heterocycles. The first-order valence-electron chi connectivity index (χ1n) is 11.4. The Balaban J connectivity index is 1.34. The van der Waals surface area contributed by atoms with Crippen LogP contribution in [-0.2, 0) is 0 Å². The second-order valence-corrected chi connectivity index (χ2v) is 8.63. The Hall–Kier alpha value is -4.13. The molecule has 3 heterocycles. The van der Waals surface area contributed by atoms with Gasteiger partial charge in [-0.25, -0.2) is 4.52 Å². The minimum absolute atomic E-state index is 0.0484. The predicted molar refractivity (Wildman–Crippen MR) is 130 cm³/mol. The molecule has 7 heteroatoms. The summed E-state index contributed by atoms with van der Waals surface area (Å²) in [6.45, 7) is 1.40. The highest BCUT2D eigenvalue weighted by atomic mass is 16.3. The van der Waals surface area contributed by atoms with E-state index in [2.05, 4.69) is 5.10 Å². The largest absolute Gasteiger partial charge is 0.506 e. The topological polar surface area (TPSA) is 78.2 Å². The number of carbonyl (C=O) groups excluding carboxylic acids is 2. The average molecular weight is 455 g/mol. The number of hydrogen-bond acceptors (Lipinski definition) is 4. The Kier molecular flexibility index (Phi) is 5.76. The molecule has 2 aromatic carbocycles. The van der Waals surface area contributed by atoms with Crippen LogP contribution in [0.25, 0.3) is 5.52 Å². The van der Waals surface area contributed by atoms with Crippen molar-refractivity contribution in [2.24, 2.45) is 0 Å². The maximum atomic E-state index is 13.2. The van der Waals surface area contributed by atoms with Gasteiger partial charge < -0.3 is 14.9 Å². The van der Waals surface area contributed by atoms with Crippen LogP contribution in [0.2, 0.25) is 0 Å². The number of amides is 2. The Labute approximate surface area is 197 Å². The maximum Gasteiger partial charge on any atom is 0.261 e. The van der Waals surface area contributed by atoms with Crippen molar-refractivity contribution < 1.29 is 14.7 Å². The fraction of sp³-hybridized carbons (Fsp3) is 0.222. The number of benzene rings is 2. The molecular weight excluding hydrogens is 428 g/mol. The number of hydrogen-bond donors (Lipinski definition) is 1. The van der Waals surface area contributed by atoms with Crippen molar-refractivity contribution in [2.75, 3.05) is 25.0 Å². The summed E-state index contributed by atoms with van der Waals surface area (Å²) in [6.07, 6.45) is 5.18. The van der Waals surface area contributed by atoms with Crippen molar-refractivity contribution >= 4 is 23.0 Å². The lowest BCUT2D eigenvalue weighted by Crippen LogP contribution is -2.37. The number of aromatic nitrogens is 2. The predicted octanol–water partition coefficient (Wildman–Crippen LogP) is 4.34. The number of likely N-dealkylation sites (tertiary alicyclic amines) is 1. The Morgan fingerprint density at radius 3 is 2.44 bits per heavy atom. The van der Waals surface area contributed by atoms with Gasteiger partial charge in [0.2, 0.25) is 0 Å². The zero-order valence-electron chi connectivity index (χ0n) is 19.0. The van der Waals surface area contributed by atoms with Gasteiger partial charge in [0, 0.05) is 31.9 Å². The van der Waals surface area contributed by atoms with Crippen molar-refractivity contribution in [1.29, 1.82) is 0 Å². The number of pyridine rings is 1. The van der Waals surface area contributed by atoms with Gasteiger partial charge in [0.05, 0.1) is 23.0 Å². The monoisotopic (exact) mass is 454 g/mol. The lowest BCUT2D eigenvalue weighted by atomic mass is 9.89. The number of rotatable bonds is 4. The molecule has 0 aliphatic carbocycles. The van der Waals surface area contributed by atoms with E-state index in [1.807, 2.05) is 53.6 Å². The minimum Gasteiger partial charge on any atom is -0.506 e. The number of para-hydroxylation sites is 2. The molecule has 7 nitrogen and oxygen atoms in total.